The molecule has 138 valence electrons. The van der Waals surface area contributed by atoms with Gasteiger partial charge in [0.1, 0.15) is 5.75 Å². The molecule has 2 saturated heterocycles. The fraction of sp³-hybridized carbons (Fsp3) is 0.650. The lowest BCUT2D eigenvalue weighted by atomic mass is 10.1. The largest absolute Gasteiger partial charge is 0.497 e. The maximum absolute atomic E-state index is 12.8. The Hall–Kier alpha value is -1.59. The van der Waals surface area contributed by atoms with Crippen LogP contribution in [0.4, 0.5) is 0 Å². The number of hydrogen-bond acceptors (Lipinski definition) is 4. The number of rotatable bonds is 5. The van der Waals surface area contributed by atoms with Crippen molar-refractivity contribution in [2.75, 3.05) is 33.3 Å². The van der Waals surface area contributed by atoms with Gasteiger partial charge in [-0.15, -0.1) is 0 Å². The van der Waals surface area contributed by atoms with Gasteiger partial charge in [-0.05, 0) is 44.4 Å². The number of methoxy groups -OCH3 is 1. The Labute approximate surface area is 150 Å². The van der Waals surface area contributed by atoms with Crippen LogP contribution in [0.25, 0.3) is 0 Å². The third kappa shape index (κ3) is 4.73. The molecule has 3 rings (SSSR count). The standard InChI is InChI=1S/C20H30N2O3/c1-15-12-21(13-16(2)25-15)14-18-7-5-9-22(18)20(23)11-17-6-4-8-19(10-17)24-3/h4,6,8,10,15-16,18H,5,7,9,11-14H2,1-3H3. The molecule has 2 aliphatic rings. The lowest BCUT2D eigenvalue weighted by Crippen LogP contribution is -2.51. The van der Waals surface area contributed by atoms with Crippen molar-refractivity contribution < 1.29 is 14.3 Å². The smallest absolute Gasteiger partial charge is 0.227 e. The first kappa shape index (κ1) is 18.2. The molecular formula is C20H30N2O3. The van der Waals surface area contributed by atoms with E-state index in [1.165, 1.54) is 0 Å². The molecule has 1 aromatic carbocycles. The molecule has 25 heavy (non-hydrogen) atoms. The van der Waals surface area contributed by atoms with E-state index in [0.29, 0.717) is 12.5 Å². The minimum absolute atomic E-state index is 0.227. The van der Waals surface area contributed by atoms with Gasteiger partial charge in [-0.2, -0.15) is 0 Å². The monoisotopic (exact) mass is 346 g/mol. The summed E-state index contributed by atoms with van der Waals surface area (Å²) in [6.45, 7) is 8.01. The van der Waals surface area contributed by atoms with Crippen LogP contribution < -0.4 is 4.74 Å². The summed E-state index contributed by atoms with van der Waals surface area (Å²) in [4.78, 5) is 17.4. The van der Waals surface area contributed by atoms with Crippen molar-refractivity contribution in [1.29, 1.82) is 0 Å². The average Bonchev–Trinajstić information content (AvgIpc) is 3.02. The molecule has 0 spiro atoms. The number of nitrogens with zero attached hydrogens (tertiary/aromatic N) is 2. The quantitative estimate of drug-likeness (QED) is 0.821. The van der Waals surface area contributed by atoms with E-state index in [1.807, 2.05) is 24.3 Å². The molecule has 0 N–H and O–H groups in total. The molecule has 0 bridgehead atoms. The first-order chi connectivity index (χ1) is 12.0. The normalized spacial score (nSPS) is 27.5. The SMILES string of the molecule is COc1cccc(CC(=O)N2CCCC2CN2CC(C)OC(C)C2)c1. The number of morpholine rings is 1. The molecule has 1 amide bonds. The molecule has 2 heterocycles. The zero-order chi connectivity index (χ0) is 17.8. The Balaban J connectivity index is 1.59. The number of ether oxygens (including phenoxy) is 2. The zero-order valence-corrected chi connectivity index (χ0v) is 15.6. The number of hydrogen-bond donors (Lipinski definition) is 0. The molecular weight excluding hydrogens is 316 g/mol. The van der Waals surface area contributed by atoms with Gasteiger partial charge in [0.25, 0.3) is 0 Å². The van der Waals surface area contributed by atoms with E-state index in [0.717, 1.165) is 50.3 Å². The Kier molecular flexibility index (Phi) is 5.97. The van der Waals surface area contributed by atoms with Crippen molar-refractivity contribution in [3.05, 3.63) is 29.8 Å². The highest BCUT2D eigenvalue weighted by Crippen LogP contribution is 2.22. The predicted molar refractivity (Wildman–Crippen MR) is 97.9 cm³/mol. The molecule has 5 nitrogen and oxygen atoms in total. The van der Waals surface area contributed by atoms with Gasteiger partial charge >= 0.3 is 0 Å². The third-order valence-corrected chi connectivity index (χ3v) is 5.15. The van der Waals surface area contributed by atoms with Gasteiger partial charge in [-0.1, -0.05) is 12.1 Å². The number of carbonyl (C=O) groups is 1. The van der Waals surface area contributed by atoms with Crippen molar-refractivity contribution in [2.24, 2.45) is 0 Å². The maximum atomic E-state index is 12.8. The van der Waals surface area contributed by atoms with E-state index in [-0.39, 0.29) is 18.1 Å². The molecule has 3 atom stereocenters. The minimum atomic E-state index is 0.227. The summed E-state index contributed by atoms with van der Waals surface area (Å²) >= 11 is 0. The van der Waals surface area contributed by atoms with Gasteiger partial charge in [-0.25, -0.2) is 0 Å². The number of amides is 1. The van der Waals surface area contributed by atoms with Crippen LogP contribution in [-0.2, 0) is 16.0 Å². The Morgan fingerprint density at radius 1 is 1.28 bits per heavy atom. The van der Waals surface area contributed by atoms with Crippen LogP contribution in [0, 0.1) is 0 Å². The van der Waals surface area contributed by atoms with Crippen molar-refractivity contribution >= 4 is 5.91 Å². The van der Waals surface area contributed by atoms with Crippen molar-refractivity contribution in [3.8, 4) is 5.75 Å². The van der Waals surface area contributed by atoms with Crippen LogP contribution in [0.1, 0.15) is 32.3 Å². The highest BCUT2D eigenvalue weighted by molar-refractivity contribution is 5.79. The van der Waals surface area contributed by atoms with E-state index in [1.54, 1.807) is 7.11 Å². The van der Waals surface area contributed by atoms with Crippen LogP contribution in [0.15, 0.2) is 24.3 Å². The minimum Gasteiger partial charge on any atom is -0.497 e. The second kappa shape index (κ2) is 8.19. The number of likely N-dealkylation sites (tertiary alicyclic amines) is 1. The second-order valence-corrected chi connectivity index (χ2v) is 7.39. The van der Waals surface area contributed by atoms with Gasteiger partial charge in [0, 0.05) is 32.2 Å². The number of carbonyl (C=O) groups excluding carboxylic acids is 1. The highest BCUT2D eigenvalue weighted by Gasteiger charge is 2.32. The summed E-state index contributed by atoms with van der Waals surface area (Å²) in [5, 5.41) is 0. The van der Waals surface area contributed by atoms with Crippen LogP contribution >= 0.6 is 0 Å². The maximum Gasteiger partial charge on any atom is 0.227 e. The van der Waals surface area contributed by atoms with Crippen molar-refractivity contribution in [3.63, 3.8) is 0 Å². The molecule has 0 aromatic heterocycles. The van der Waals surface area contributed by atoms with Crippen LogP contribution in [-0.4, -0.2) is 67.2 Å². The van der Waals surface area contributed by atoms with Gasteiger partial charge in [0.05, 0.1) is 25.7 Å². The third-order valence-electron chi connectivity index (χ3n) is 5.15. The van der Waals surface area contributed by atoms with Crippen molar-refractivity contribution in [1.82, 2.24) is 9.80 Å². The van der Waals surface area contributed by atoms with E-state index in [4.69, 9.17) is 9.47 Å². The van der Waals surface area contributed by atoms with E-state index in [9.17, 15) is 4.79 Å². The number of benzene rings is 1. The summed E-state index contributed by atoms with van der Waals surface area (Å²) in [7, 11) is 1.65. The topological polar surface area (TPSA) is 42.0 Å². The molecule has 0 saturated carbocycles. The Morgan fingerprint density at radius 2 is 2.04 bits per heavy atom. The molecule has 1 aromatic rings. The molecule has 5 heteroatoms. The van der Waals surface area contributed by atoms with Gasteiger partial charge in [-0.3, -0.25) is 9.69 Å². The predicted octanol–water partition coefficient (Wildman–Crippen LogP) is 2.34. The molecule has 0 aliphatic carbocycles. The molecule has 2 fully saturated rings. The molecule has 0 radical (unpaired) electrons. The highest BCUT2D eigenvalue weighted by atomic mass is 16.5. The fourth-order valence-electron chi connectivity index (χ4n) is 4.14. The Morgan fingerprint density at radius 3 is 2.76 bits per heavy atom. The van der Waals surface area contributed by atoms with E-state index in [2.05, 4.69) is 23.6 Å². The van der Waals surface area contributed by atoms with Gasteiger partial charge in [0.15, 0.2) is 0 Å². The van der Waals surface area contributed by atoms with E-state index < -0.39 is 0 Å². The van der Waals surface area contributed by atoms with Crippen LogP contribution in [0.2, 0.25) is 0 Å². The van der Waals surface area contributed by atoms with Crippen LogP contribution in [0.5, 0.6) is 5.75 Å². The molecule has 3 unspecified atom stereocenters. The lowest BCUT2D eigenvalue weighted by Gasteiger charge is -2.38. The lowest BCUT2D eigenvalue weighted by molar-refractivity contribution is -0.132. The summed E-state index contributed by atoms with van der Waals surface area (Å²) < 4.78 is 11.1. The second-order valence-electron chi connectivity index (χ2n) is 7.39. The van der Waals surface area contributed by atoms with Crippen molar-refractivity contribution in [2.45, 2.75) is 51.4 Å². The van der Waals surface area contributed by atoms with Gasteiger partial charge < -0.3 is 14.4 Å². The summed E-state index contributed by atoms with van der Waals surface area (Å²) in [6.07, 6.45) is 3.19. The fourth-order valence-corrected chi connectivity index (χ4v) is 4.14. The van der Waals surface area contributed by atoms with Gasteiger partial charge in [0.2, 0.25) is 5.91 Å². The Bertz CT molecular complexity index is 582. The summed E-state index contributed by atoms with van der Waals surface area (Å²) in [5.74, 6) is 1.03. The first-order valence-electron chi connectivity index (χ1n) is 9.35. The van der Waals surface area contributed by atoms with E-state index >= 15 is 0 Å². The summed E-state index contributed by atoms with van der Waals surface area (Å²) in [6, 6.07) is 8.13. The zero-order valence-electron chi connectivity index (χ0n) is 15.6. The molecule has 2 aliphatic heterocycles. The van der Waals surface area contributed by atoms with Crippen LogP contribution in [0.3, 0.4) is 0 Å². The summed E-state index contributed by atoms with van der Waals surface area (Å²) in [5.41, 5.74) is 1.02. The first-order valence-corrected chi connectivity index (χ1v) is 9.35. The average molecular weight is 346 g/mol.